The van der Waals surface area contributed by atoms with Crippen molar-refractivity contribution in [1.82, 2.24) is 0 Å². The Balaban J connectivity index is 1.94. The third-order valence-corrected chi connectivity index (χ3v) is 4.21. The van der Waals surface area contributed by atoms with Gasteiger partial charge in [0.15, 0.2) is 0 Å². The number of aromatic carboxylic acids is 1. The van der Waals surface area contributed by atoms with Crippen LogP contribution in [0.1, 0.15) is 38.3 Å². The normalized spacial score (nSPS) is 13.5. The standard InChI is InChI=1S/C19H17F2NO4/c1-11-7-13(9-14(8-11)18(24)25)17(23)22-6-2-3-12-10-15(26-19(20)21)4-5-16(12)22/h4-5,7-10,19H,2-3,6H2,1H3,(H,24,25). The lowest BCUT2D eigenvalue weighted by Gasteiger charge is -2.30. The first-order valence-electron chi connectivity index (χ1n) is 8.10. The topological polar surface area (TPSA) is 66.8 Å². The van der Waals surface area contributed by atoms with E-state index in [1.54, 1.807) is 24.0 Å². The van der Waals surface area contributed by atoms with E-state index in [-0.39, 0.29) is 22.8 Å². The summed E-state index contributed by atoms with van der Waals surface area (Å²) in [6.07, 6.45) is 1.32. The first-order valence-corrected chi connectivity index (χ1v) is 8.10. The van der Waals surface area contributed by atoms with Crippen LogP contribution in [0.25, 0.3) is 0 Å². The zero-order valence-corrected chi connectivity index (χ0v) is 14.0. The number of rotatable bonds is 4. The molecule has 26 heavy (non-hydrogen) atoms. The van der Waals surface area contributed by atoms with Crippen LogP contribution in [0.15, 0.2) is 36.4 Å². The van der Waals surface area contributed by atoms with Crippen LogP contribution in [-0.2, 0) is 6.42 Å². The highest BCUT2D eigenvalue weighted by molar-refractivity contribution is 6.08. The fraction of sp³-hybridized carbons (Fsp3) is 0.263. The van der Waals surface area contributed by atoms with E-state index in [9.17, 15) is 23.5 Å². The molecule has 0 spiro atoms. The van der Waals surface area contributed by atoms with Gasteiger partial charge in [-0.15, -0.1) is 0 Å². The Morgan fingerprint density at radius 2 is 1.88 bits per heavy atom. The highest BCUT2D eigenvalue weighted by Gasteiger charge is 2.25. The average Bonchev–Trinajstić information content (AvgIpc) is 2.59. The van der Waals surface area contributed by atoms with Crippen molar-refractivity contribution in [3.8, 4) is 5.75 Å². The van der Waals surface area contributed by atoms with Crippen LogP contribution in [0.5, 0.6) is 5.75 Å². The molecule has 7 heteroatoms. The van der Waals surface area contributed by atoms with Gasteiger partial charge in [-0.1, -0.05) is 0 Å². The van der Waals surface area contributed by atoms with E-state index in [0.29, 0.717) is 30.6 Å². The van der Waals surface area contributed by atoms with Gasteiger partial charge in [0.2, 0.25) is 0 Å². The molecule has 0 fully saturated rings. The van der Waals surface area contributed by atoms with E-state index >= 15 is 0 Å². The Labute approximate surface area is 148 Å². The van der Waals surface area contributed by atoms with E-state index < -0.39 is 12.6 Å². The predicted octanol–water partition coefficient (Wildman–Crippen LogP) is 3.89. The molecule has 3 rings (SSSR count). The third kappa shape index (κ3) is 3.66. The van der Waals surface area contributed by atoms with Crippen molar-refractivity contribution in [2.75, 3.05) is 11.4 Å². The zero-order chi connectivity index (χ0) is 18.8. The summed E-state index contributed by atoms with van der Waals surface area (Å²) in [6, 6.07) is 8.97. The molecule has 0 saturated carbocycles. The lowest BCUT2D eigenvalue weighted by atomic mass is 9.99. The number of amides is 1. The maximum absolute atomic E-state index is 12.9. The summed E-state index contributed by atoms with van der Waals surface area (Å²) in [5.41, 5.74) is 2.37. The molecule has 0 aromatic heterocycles. The highest BCUT2D eigenvalue weighted by Crippen LogP contribution is 2.32. The summed E-state index contributed by atoms with van der Waals surface area (Å²) in [7, 11) is 0. The van der Waals surface area contributed by atoms with Crippen molar-refractivity contribution in [3.63, 3.8) is 0 Å². The molecule has 0 saturated heterocycles. The second-order valence-electron chi connectivity index (χ2n) is 6.12. The quantitative estimate of drug-likeness (QED) is 0.897. The Kier molecular flexibility index (Phi) is 4.88. The van der Waals surface area contributed by atoms with Gasteiger partial charge in [0.05, 0.1) is 5.56 Å². The fourth-order valence-electron chi connectivity index (χ4n) is 3.15. The molecule has 0 aliphatic carbocycles. The number of fused-ring (bicyclic) bond motifs is 1. The number of halogens is 2. The third-order valence-electron chi connectivity index (χ3n) is 4.21. The smallest absolute Gasteiger partial charge is 0.387 e. The van der Waals surface area contributed by atoms with Gasteiger partial charge in [0.1, 0.15) is 5.75 Å². The van der Waals surface area contributed by atoms with Crippen molar-refractivity contribution in [2.24, 2.45) is 0 Å². The molecule has 0 unspecified atom stereocenters. The Bertz CT molecular complexity index is 867. The maximum atomic E-state index is 12.9. The average molecular weight is 361 g/mol. The summed E-state index contributed by atoms with van der Waals surface area (Å²) < 4.78 is 29.2. The Morgan fingerprint density at radius 3 is 2.58 bits per heavy atom. The lowest BCUT2D eigenvalue weighted by molar-refractivity contribution is -0.0498. The first-order chi connectivity index (χ1) is 12.3. The SMILES string of the molecule is Cc1cc(C(=O)O)cc(C(=O)N2CCCc3cc(OC(F)F)ccc32)c1. The molecule has 1 amide bonds. The summed E-state index contributed by atoms with van der Waals surface area (Å²) in [6.45, 7) is -0.713. The van der Waals surface area contributed by atoms with E-state index in [1.165, 1.54) is 24.3 Å². The summed E-state index contributed by atoms with van der Waals surface area (Å²) >= 11 is 0. The number of aryl methyl sites for hydroxylation is 2. The van der Waals surface area contributed by atoms with E-state index in [4.69, 9.17) is 0 Å². The number of hydrogen-bond donors (Lipinski definition) is 1. The predicted molar refractivity (Wildman–Crippen MR) is 91.2 cm³/mol. The van der Waals surface area contributed by atoms with Crippen molar-refractivity contribution in [3.05, 3.63) is 58.7 Å². The number of carboxylic acids is 1. The number of nitrogens with zero attached hydrogens (tertiary/aromatic N) is 1. The monoisotopic (exact) mass is 361 g/mol. The molecule has 1 N–H and O–H groups in total. The van der Waals surface area contributed by atoms with Gasteiger partial charge in [-0.25, -0.2) is 4.79 Å². The van der Waals surface area contributed by atoms with Gasteiger partial charge >= 0.3 is 12.6 Å². The van der Waals surface area contributed by atoms with Gasteiger partial charge in [0.25, 0.3) is 5.91 Å². The van der Waals surface area contributed by atoms with Crippen LogP contribution in [0.2, 0.25) is 0 Å². The Morgan fingerprint density at radius 1 is 1.15 bits per heavy atom. The minimum Gasteiger partial charge on any atom is -0.478 e. The van der Waals surface area contributed by atoms with Crippen molar-refractivity contribution in [2.45, 2.75) is 26.4 Å². The van der Waals surface area contributed by atoms with Crippen molar-refractivity contribution in [1.29, 1.82) is 0 Å². The molecule has 5 nitrogen and oxygen atoms in total. The number of carbonyl (C=O) groups excluding carboxylic acids is 1. The van der Waals surface area contributed by atoms with E-state index in [0.717, 1.165) is 5.56 Å². The van der Waals surface area contributed by atoms with Gasteiger partial charge in [0, 0.05) is 17.8 Å². The van der Waals surface area contributed by atoms with E-state index in [1.807, 2.05) is 0 Å². The van der Waals surface area contributed by atoms with Gasteiger partial charge in [-0.2, -0.15) is 8.78 Å². The minimum absolute atomic E-state index is 0.0475. The second kappa shape index (κ2) is 7.11. The van der Waals surface area contributed by atoms with Crippen LogP contribution >= 0.6 is 0 Å². The van der Waals surface area contributed by atoms with Gasteiger partial charge < -0.3 is 14.7 Å². The maximum Gasteiger partial charge on any atom is 0.387 e. The summed E-state index contributed by atoms with van der Waals surface area (Å²) in [5, 5.41) is 9.19. The molecule has 0 atom stereocenters. The number of carboxylic acid groups (broad SMARTS) is 1. The van der Waals surface area contributed by atoms with Crippen LogP contribution in [0, 0.1) is 6.92 Å². The van der Waals surface area contributed by atoms with Gasteiger partial charge in [-0.3, -0.25) is 4.79 Å². The van der Waals surface area contributed by atoms with Crippen LogP contribution in [0.3, 0.4) is 0 Å². The van der Waals surface area contributed by atoms with E-state index in [2.05, 4.69) is 4.74 Å². The number of ether oxygens (including phenoxy) is 1. The van der Waals surface area contributed by atoms with Gasteiger partial charge in [-0.05, 0) is 67.3 Å². The minimum atomic E-state index is -2.91. The molecule has 2 aromatic carbocycles. The number of benzene rings is 2. The number of carbonyl (C=O) groups is 2. The van der Waals surface area contributed by atoms with Crippen LogP contribution in [-0.4, -0.2) is 30.1 Å². The lowest BCUT2D eigenvalue weighted by Crippen LogP contribution is -2.35. The fourth-order valence-corrected chi connectivity index (χ4v) is 3.15. The highest BCUT2D eigenvalue weighted by atomic mass is 19.3. The second-order valence-corrected chi connectivity index (χ2v) is 6.12. The summed E-state index contributed by atoms with van der Waals surface area (Å²) in [4.78, 5) is 25.7. The molecule has 1 aliphatic rings. The van der Waals surface area contributed by atoms with Crippen LogP contribution in [0.4, 0.5) is 14.5 Å². The summed E-state index contributed by atoms with van der Waals surface area (Å²) in [5.74, 6) is -1.37. The van der Waals surface area contributed by atoms with Crippen LogP contribution < -0.4 is 9.64 Å². The molecule has 1 aliphatic heterocycles. The van der Waals surface area contributed by atoms with Crippen molar-refractivity contribution < 1.29 is 28.2 Å². The Hall–Kier alpha value is -2.96. The number of alkyl halides is 2. The first kappa shape index (κ1) is 17.8. The zero-order valence-electron chi connectivity index (χ0n) is 14.0. The largest absolute Gasteiger partial charge is 0.478 e. The molecular weight excluding hydrogens is 344 g/mol. The molecule has 136 valence electrons. The molecular formula is C19H17F2NO4. The molecule has 0 bridgehead atoms. The number of anilines is 1. The van der Waals surface area contributed by atoms with Crippen molar-refractivity contribution >= 4 is 17.6 Å². The number of hydrogen-bond acceptors (Lipinski definition) is 3. The molecule has 1 heterocycles. The molecule has 0 radical (unpaired) electrons. The molecule has 2 aromatic rings.